The van der Waals surface area contributed by atoms with Crippen LogP contribution in [0.25, 0.3) is 0 Å². The molecule has 0 aliphatic rings. The van der Waals surface area contributed by atoms with Crippen LogP contribution in [0.4, 0.5) is 13.2 Å². The van der Waals surface area contributed by atoms with Gasteiger partial charge in [0.05, 0.1) is 11.6 Å². The van der Waals surface area contributed by atoms with E-state index in [9.17, 15) is 23.1 Å². The molecule has 0 spiro atoms. The minimum Gasteiger partial charge on any atom is -0.388 e. The fourth-order valence-electron chi connectivity index (χ4n) is 1.54. The molecule has 0 rings (SSSR count). The van der Waals surface area contributed by atoms with Crippen molar-refractivity contribution in [2.75, 3.05) is 33.7 Å². The molecule has 2 unspecified atom stereocenters. The summed E-state index contributed by atoms with van der Waals surface area (Å²) >= 11 is 0. The van der Waals surface area contributed by atoms with Crippen LogP contribution in [0.2, 0.25) is 0 Å². The minimum atomic E-state index is -4.42. The first-order valence-corrected chi connectivity index (χ1v) is 5.88. The molecule has 0 aliphatic heterocycles. The van der Waals surface area contributed by atoms with Gasteiger partial charge in [-0.1, -0.05) is 0 Å². The summed E-state index contributed by atoms with van der Waals surface area (Å²) in [4.78, 5) is 13.1. The molecule has 114 valence electrons. The Kier molecular flexibility index (Phi) is 6.74. The summed E-state index contributed by atoms with van der Waals surface area (Å²) < 4.78 is 35.8. The number of nitrogens with zero attached hydrogens (tertiary/aromatic N) is 1. The third-order valence-electron chi connectivity index (χ3n) is 2.30. The highest BCUT2D eigenvalue weighted by Gasteiger charge is 2.29. The van der Waals surface area contributed by atoms with Gasteiger partial charge in [-0.2, -0.15) is 13.2 Å². The molecule has 19 heavy (non-hydrogen) atoms. The second-order valence-electron chi connectivity index (χ2n) is 5.17. The van der Waals surface area contributed by atoms with Crippen molar-refractivity contribution >= 4 is 5.91 Å². The van der Waals surface area contributed by atoms with Crippen molar-refractivity contribution in [1.29, 1.82) is 0 Å². The molecule has 1 amide bonds. The molecule has 0 heterocycles. The van der Waals surface area contributed by atoms with E-state index in [1.54, 1.807) is 31.2 Å². The molecule has 0 fully saturated rings. The molecule has 0 saturated carbocycles. The number of rotatable bonds is 7. The lowest BCUT2D eigenvalue weighted by atomic mass is 10.1. The monoisotopic (exact) mass is 285 g/mol. The molecule has 5 nitrogen and oxygen atoms in total. The van der Waals surface area contributed by atoms with Crippen LogP contribution >= 0.6 is 0 Å². The fraction of sp³-hybridized carbons (Fsp3) is 0.909. The van der Waals surface area contributed by atoms with E-state index in [1.165, 1.54) is 6.92 Å². The Bertz CT molecular complexity index is 293. The number of likely N-dealkylation sites (N-methyl/N-ethyl adjacent to an activating group) is 1. The number of nitrogens with one attached hydrogen (secondary N) is 2. The largest absolute Gasteiger partial charge is 0.405 e. The highest BCUT2D eigenvalue weighted by molar-refractivity contribution is 5.81. The van der Waals surface area contributed by atoms with Crippen molar-refractivity contribution in [1.82, 2.24) is 15.5 Å². The second kappa shape index (κ2) is 7.06. The van der Waals surface area contributed by atoms with Crippen molar-refractivity contribution in [3.63, 3.8) is 0 Å². The van der Waals surface area contributed by atoms with Gasteiger partial charge in [-0.25, -0.2) is 0 Å². The molecular formula is C11H22F3N3O2. The number of carbonyl (C=O) groups is 1. The summed E-state index contributed by atoms with van der Waals surface area (Å²) in [6.07, 6.45) is -4.42. The average Bonchev–Trinajstić information content (AvgIpc) is 2.19. The van der Waals surface area contributed by atoms with E-state index in [0.717, 1.165) is 0 Å². The van der Waals surface area contributed by atoms with Gasteiger partial charge in [0, 0.05) is 13.1 Å². The first-order valence-electron chi connectivity index (χ1n) is 5.88. The summed E-state index contributed by atoms with van der Waals surface area (Å²) in [5, 5.41) is 14.4. The van der Waals surface area contributed by atoms with E-state index in [1.807, 2.05) is 0 Å². The van der Waals surface area contributed by atoms with Crippen LogP contribution < -0.4 is 10.6 Å². The Morgan fingerprint density at radius 1 is 1.32 bits per heavy atom. The van der Waals surface area contributed by atoms with Crippen molar-refractivity contribution < 1.29 is 23.1 Å². The number of halogens is 3. The zero-order chi connectivity index (χ0) is 15.3. The average molecular weight is 285 g/mol. The smallest absolute Gasteiger partial charge is 0.388 e. The zero-order valence-corrected chi connectivity index (χ0v) is 11.6. The molecule has 8 heteroatoms. The van der Waals surface area contributed by atoms with Crippen molar-refractivity contribution in [2.45, 2.75) is 31.7 Å². The van der Waals surface area contributed by atoms with E-state index in [0.29, 0.717) is 6.54 Å². The third kappa shape index (κ3) is 9.69. The lowest BCUT2D eigenvalue weighted by molar-refractivity contribution is -0.139. The normalized spacial score (nSPS) is 17.1. The van der Waals surface area contributed by atoms with Gasteiger partial charge in [0.15, 0.2) is 0 Å². The zero-order valence-electron chi connectivity index (χ0n) is 11.6. The van der Waals surface area contributed by atoms with Gasteiger partial charge < -0.3 is 20.6 Å². The maximum Gasteiger partial charge on any atom is 0.405 e. The van der Waals surface area contributed by atoms with Crippen LogP contribution in [0.3, 0.4) is 0 Å². The molecule has 0 saturated heterocycles. The topological polar surface area (TPSA) is 64.6 Å². The Morgan fingerprint density at radius 3 is 2.26 bits per heavy atom. The molecule has 2 atom stereocenters. The number of carbonyl (C=O) groups excluding carboxylic acids is 1. The first-order chi connectivity index (χ1) is 8.43. The molecule has 0 aromatic carbocycles. The van der Waals surface area contributed by atoms with Crippen molar-refractivity contribution in [2.24, 2.45) is 0 Å². The molecular weight excluding hydrogens is 263 g/mol. The second-order valence-corrected chi connectivity index (χ2v) is 5.17. The highest BCUT2D eigenvalue weighted by atomic mass is 19.4. The van der Waals surface area contributed by atoms with E-state index in [-0.39, 0.29) is 6.54 Å². The summed E-state index contributed by atoms with van der Waals surface area (Å²) in [5.41, 5.74) is -1.07. The highest BCUT2D eigenvalue weighted by Crippen LogP contribution is 2.12. The number of hydrogen-bond donors (Lipinski definition) is 3. The van der Waals surface area contributed by atoms with Gasteiger partial charge in [-0.05, 0) is 27.9 Å². The standard InChI is InChI=1S/C11H22F3N3O2/c1-8(9(18)16-6-11(12,13)14)15-5-10(2,19)7-17(3)4/h8,15,19H,5-7H2,1-4H3,(H,16,18). The maximum absolute atomic E-state index is 11.9. The summed E-state index contributed by atoms with van der Waals surface area (Å²) in [6.45, 7) is 2.15. The number of aliphatic hydroxyl groups is 1. The van der Waals surface area contributed by atoms with Gasteiger partial charge in [0.2, 0.25) is 5.91 Å². The van der Waals surface area contributed by atoms with Gasteiger partial charge in [-0.3, -0.25) is 4.79 Å². The third-order valence-corrected chi connectivity index (χ3v) is 2.30. The Labute approximate surface area is 111 Å². The lowest BCUT2D eigenvalue weighted by Gasteiger charge is -2.28. The first kappa shape index (κ1) is 18.1. The molecule has 0 bridgehead atoms. The van der Waals surface area contributed by atoms with Crippen LogP contribution in [-0.2, 0) is 4.79 Å². The van der Waals surface area contributed by atoms with Crippen molar-refractivity contribution in [3.8, 4) is 0 Å². The van der Waals surface area contributed by atoms with Crippen LogP contribution in [0, 0.1) is 0 Å². The Morgan fingerprint density at radius 2 is 1.84 bits per heavy atom. The number of amides is 1. The molecule has 0 radical (unpaired) electrons. The van der Waals surface area contributed by atoms with E-state index in [2.05, 4.69) is 5.32 Å². The Hall–Kier alpha value is -0.860. The summed E-state index contributed by atoms with van der Waals surface area (Å²) in [5.74, 6) is -0.752. The quantitative estimate of drug-likeness (QED) is 0.614. The van der Waals surface area contributed by atoms with E-state index in [4.69, 9.17) is 0 Å². The molecule has 0 aliphatic carbocycles. The molecule has 3 N–H and O–H groups in total. The van der Waals surface area contributed by atoms with Crippen LogP contribution in [0.15, 0.2) is 0 Å². The van der Waals surface area contributed by atoms with Crippen LogP contribution in [0.1, 0.15) is 13.8 Å². The van der Waals surface area contributed by atoms with E-state index >= 15 is 0 Å². The molecule has 0 aromatic heterocycles. The van der Waals surface area contributed by atoms with Crippen molar-refractivity contribution in [3.05, 3.63) is 0 Å². The molecule has 0 aromatic rings. The van der Waals surface area contributed by atoms with E-state index < -0.39 is 30.3 Å². The van der Waals surface area contributed by atoms with Gasteiger partial charge in [0.1, 0.15) is 6.54 Å². The van der Waals surface area contributed by atoms with Crippen LogP contribution in [-0.4, -0.2) is 67.5 Å². The SMILES string of the molecule is CC(NCC(C)(O)CN(C)C)C(=O)NCC(F)(F)F. The minimum absolute atomic E-state index is 0.103. The lowest BCUT2D eigenvalue weighted by Crippen LogP contribution is -2.52. The fourth-order valence-corrected chi connectivity index (χ4v) is 1.54. The van der Waals surface area contributed by atoms with Gasteiger partial charge >= 0.3 is 6.18 Å². The van der Waals surface area contributed by atoms with Crippen LogP contribution in [0.5, 0.6) is 0 Å². The Balaban J connectivity index is 4.10. The number of alkyl halides is 3. The predicted octanol–water partition coefficient (Wildman–Crippen LogP) is -0.0444. The summed E-state index contributed by atoms with van der Waals surface area (Å²) in [6, 6.07) is -0.809. The van der Waals surface area contributed by atoms with Gasteiger partial charge in [-0.15, -0.1) is 0 Å². The summed E-state index contributed by atoms with van der Waals surface area (Å²) in [7, 11) is 3.57. The number of hydrogen-bond acceptors (Lipinski definition) is 4. The van der Waals surface area contributed by atoms with Gasteiger partial charge in [0.25, 0.3) is 0 Å². The predicted molar refractivity (Wildman–Crippen MR) is 65.7 cm³/mol. The maximum atomic E-state index is 11.9.